The van der Waals surface area contributed by atoms with Gasteiger partial charge in [-0.2, -0.15) is 5.26 Å². The van der Waals surface area contributed by atoms with E-state index in [1.807, 2.05) is 0 Å². The highest BCUT2D eigenvalue weighted by atomic mass is 15.1. The second kappa shape index (κ2) is 5.89. The van der Waals surface area contributed by atoms with Gasteiger partial charge in [-0.3, -0.25) is 5.32 Å². The van der Waals surface area contributed by atoms with E-state index in [0.717, 1.165) is 24.2 Å². The molecule has 3 heteroatoms. The lowest BCUT2D eigenvalue weighted by Crippen LogP contribution is -2.48. The largest absolute Gasteiger partial charge is 0.303 e. The highest BCUT2D eigenvalue weighted by molar-refractivity contribution is 5.08. The van der Waals surface area contributed by atoms with Crippen LogP contribution in [0.15, 0.2) is 0 Å². The van der Waals surface area contributed by atoms with Gasteiger partial charge in [0.2, 0.25) is 0 Å². The molecule has 2 bridgehead atoms. The minimum Gasteiger partial charge on any atom is -0.303 e. The number of nitrogens with zero attached hydrogens (tertiary/aromatic N) is 2. The zero-order valence-electron chi connectivity index (χ0n) is 13.9. The van der Waals surface area contributed by atoms with E-state index < -0.39 is 0 Å². The van der Waals surface area contributed by atoms with Gasteiger partial charge >= 0.3 is 0 Å². The van der Waals surface area contributed by atoms with Gasteiger partial charge in [0.1, 0.15) is 5.54 Å². The fourth-order valence-electron chi connectivity index (χ4n) is 4.71. The van der Waals surface area contributed by atoms with Crippen molar-refractivity contribution in [3.63, 3.8) is 0 Å². The normalized spacial score (nSPS) is 35.7. The summed E-state index contributed by atoms with van der Waals surface area (Å²) in [5.74, 6) is 2.95. The van der Waals surface area contributed by atoms with Gasteiger partial charge in [-0.25, -0.2) is 0 Å². The number of hydrogen-bond acceptors (Lipinski definition) is 3. The molecule has 3 saturated carbocycles. The standard InChI is InChI=1S/C18H31N3/c1-13(10-18(2,12-19)20-17-6-7-17)21(3)11-16-9-14-4-5-15(16)8-14/h13-17,20H,4-11H2,1-3H3. The van der Waals surface area contributed by atoms with E-state index in [9.17, 15) is 5.26 Å². The number of hydrogen-bond donors (Lipinski definition) is 1. The zero-order valence-corrected chi connectivity index (χ0v) is 13.9. The molecule has 0 radical (unpaired) electrons. The van der Waals surface area contributed by atoms with Crippen molar-refractivity contribution in [3.8, 4) is 6.07 Å². The average Bonchev–Trinajstić information content (AvgIpc) is 3.00. The first kappa shape index (κ1) is 15.3. The Kier molecular flexibility index (Phi) is 4.30. The van der Waals surface area contributed by atoms with Crippen molar-refractivity contribution >= 4 is 0 Å². The predicted molar refractivity (Wildman–Crippen MR) is 85.8 cm³/mol. The van der Waals surface area contributed by atoms with E-state index in [2.05, 4.69) is 37.2 Å². The maximum Gasteiger partial charge on any atom is 0.105 e. The Balaban J connectivity index is 1.49. The molecular formula is C18H31N3. The first-order valence-electron chi connectivity index (χ1n) is 8.88. The van der Waals surface area contributed by atoms with E-state index in [1.54, 1.807) is 0 Å². The number of nitriles is 1. The molecule has 1 N–H and O–H groups in total. The second-order valence-corrected chi connectivity index (χ2v) is 8.29. The molecule has 5 atom stereocenters. The van der Waals surface area contributed by atoms with Crippen LogP contribution in [0.4, 0.5) is 0 Å². The van der Waals surface area contributed by atoms with Gasteiger partial charge in [-0.05, 0) is 77.2 Å². The van der Waals surface area contributed by atoms with Crippen LogP contribution >= 0.6 is 0 Å². The van der Waals surface area contributed by atoms with Gasteiger partial charge in [-0.15, -0.1) is 0 Å². The molecule has 0 spiro atoms. The zero-order chi connectivity index (χ0) is 15.0. The van der Waals surface area contributed by atoms with Crippen molar-refractivity contribution in [2.45, 2.75) is 76.4 Å². The van der Waals surface area contributed by atoms with Crippen LogP contribution in [-0.2, 0) is 0 Å². The fraction of sp³-hybridized carbons (Fsp3) is 0.944. The Labute approximate surface area is 130 Å². The highest BCUT2D eigenvalue weighted by Crippen LogP contribution is 2.48. The quantitative estimate of drug-likeness (QED) is 0.782. The summed E-state index contributed by atoms with van der Waals surface area (Å²) in [6.07, 6.45) is 9.31. The fourth-order valence-corrected chi connectivity index (χ4v) is 4.71. The first-order chi connectivity index (χ1) is 9.99. The molecule has 0 aromatic carbocycles. The van der Waals surface area contributed by atoms with Crippen molar-refractivity contribution in [3.05, 3.63) is 0 Å². The second-order valence-electron chi connectivity index (χ2n) is 8.29. The molecule has 3 nitrogen and oxygen atoms in total. The molecule has 3 rings (SSSR count). The molecule has 3 aliphatic rings. The molecule has 0 aromatic heterocycles. The molecule has 0 saturated heterocycles. The molecule has 0 heterocycles. The average molecular weight is 289 g/mol. The van der Waals surface area contributed by atoms with Crippen LogP contribution in [0.2, 0.25) is 0 Å². The van der Waals surface area contributed by atoms with Gasteiger partial charge < -0.3 is 4.90 Å². The summed E-state index contributed by atoms with van der Waals surface area (Å²) in [7, 11) is 2.26. The summed E-state index contributed by atoms with van der Waals surface area (Å²) in [6.45, 7) is 5.60. The smallest absolute Gasteiger partial charge is 0.105 e. The lowest BCUT2D eigenvalue weighted by atomic mass is 9.87. The van der Waals surface area contributed by atoms with E-state index in [0.29, 0.717) is 12.1 Å². The third-order valence-corrected chi connectivity index (χ3v) is 6.21. The molecule has 0 amide bonds. The van der Waals surface area contributed by atoms with Crippen LogP contribution in [0.5, 0.6) is 0 Å². The third kappa shape index (κ3) is 3.60. The Morgan fingerprint density at radius 1 is 1.29 bits per heavy atom. The number of fused-ring (bicyclic) bond motifs is 2. The minimum absolute atomic E-state index is 0.358. The van der Waals surface area contributed by atoms with Crippen molar-refractivity contribution in [2.24, 2.45) is 17.8 Å². The Morgan fingerprint density at radius 2 is 2.05 bits per heavy atom. The number of rotatable bonds is 7. The molecule has 3 aliphatic carbocycles. The molecule has 118 valence electrons. The summed E-state index contributed by atoms with van der Waals surface area (Å²) in [6, 6.07) is 3.59. The van der Waals surface area contributed by atoms with Gasteiger partial charge in [0.25, 0.3) is 0 Å². The van der Waals surface area contributed by atoms with E-state index >= 15 is 0 Å². The Bertz CT molecular complexity index is 411. The summed E-state index contributed by atoms with van der Waals surface area (Å²) in [4.78, 5) is 2.51. The minimum atomic E-state index is -0.358. The summed E-state index contributed by atoms with van der Waals surface area (Å²) < 4.78 is 0. The van der Waals surface area contributed by atoms with Crippen LogP contribution in [0.3, 0.4) is 0 Å². The monoisotopic (exact) mass is 289 g/mol. The molecule has 21 heavy (non-hydrogen) atoms. The SMILES string of the molecule is CC(CC(C)(C#N)NC1CC1)N(C)CC1CC2CCC1C2. The van der Waals surface area contributed by atoms with Crippen molar-refractivity contribution in [1.29, 1.82) is 5.26 Å². The summed E-state index contributed by atoms with van der Waals surface area (Å²) in [5.41, 5.74) is -0.358. The van der Waals surface area contributed by atoms with Gasteiger partial charge in [0.15, 0.2) is 0 Å². The van der Waals surface area contributed by atoms with Crippen LogP contribution in [-0.4, -0.2) is 36.1 Å². The van der Waals surface area contributed by atoms with E-state index in [-0.39, 0.29) is 5.54 Å². The van der Waals surface area contributed by atoms with E-state index in [4.69, 9.17) is 0 Å². The van der Waals surface area contributed by atoms with Gasteiger partial charge in [0, 0.05) is 18.6 Å². The van der Waals surface area contributed by atoms with Crippen LogP contribution in [0.1, 0.15) is 58.8 Å². The van der Waals surface area contributed by atoms with Crippen molar-refractivity contribution < 1.29 is 0 Å². The van der Waals surface area contributed by atoms with Crippen LogP contribution in [0.25, 0.3) is 0 Å². The maximum atomic E-state index is 9.53. The van der Waals surface area contributed by atoms with Crippen LogP contribution in [0, 0.1) is 29.1 Å². The lowest BCUT2D eigenvalue weighted by Gasteiger charge is -2.35. The molecule has 0 aliphatic heterocycles. The van der Waals surface area contributed by atoms with Crippen LogP contribution < -0.4 is 5.32 Å². The Hall–Kier alpha value is -0.590. The van der Waals surface area contributed by atoms with Gasteiger partial charge in [-0.1, -0.05) is 6.42 Å². The number of nitrogens with one attached hydrogen (secondary N) is 1. The topological polar surface area (TPSA) is 39.1 Å². The molecule has 3 fully saturated rings. The maximum absolute atomic E-state index is 9.53. The summed E-state index contributed by atoms with van der Waals surface area (Å²) in [5, 5.41) is 13.1. The van der Waals surface area contributed by atoms with Crippen molar-refractivity contribution in [1.82, 2.24) is 10.2 Å². The third-order valence-electron chi connectivity index (χ3n) is 6.21. The summed E-state index contributed by atoms with van der Waals surface area (Å²) >= 11 is 0. The molecule has 0 aromatic rings. The predicted octanol–water partition coefficient (Wildman–Crippen LogP) is 3.17. The highest BCUT2D eigenvalue weighted by Gasteiger charge is 2.40. The Morgan fingerprint density at radius 3 is 2.57 bits per heavy atom. The van der Waals surface area contributed by atoms with E-state index in [1.165, 1.54) is 45.1 Å². The van der Waals surface area contributed by atoms with Gasteiger partial charge in [0.05, 0.1) is 6.07 Å². The van der Waals surface area contributed by atoms with Crippen molar-refractivity contribution in [2.75, 3.05) is 13.6 Å². The first-order valence-corrected chi connectivity index (χ1v) is 8.88. The molecular weight excluding hydrogens is 258 g/mol. The molecule has 5 unspecified atom stereocenters. The lowest BCUT2D eigenvalue weighted by molar-refractivity contribution is 0.159.